The van der Waals surface area contributed by atoms with Gasteiger partial charge >= 0.3 is 12.1 Å². The molecule has 0 aromatic heterocycles. The number of carbonyl (C=O) groups excluding carboxylic acids is 4. The van der Waals surface area contributed by atoms with Crippen LogP contribution in [-0.2, 0) is 23.9 Å². The number of benzene rings is 2. The van der Waals surface area contributed by atoms with E-state index in [0.29, 0.717) is 30.0 Å². The van der Waals surface area contributed by atoms with Crippen LogP contribution in [0.15, 0.2) is 83.3 Å². The number of thioether (sulfide) groups is 1. The first-order chi connectivity index (χ1) is 21.1. The number of hydrogen-bond acceptors (Lipinski definition) is 7. The number of amides is 3. The largest absolute Gasteiger partial charge is 0.451 e. The Labute approximate surface area is 261 Å². The Hall–Kier alpha value is -4.05. The summed E-state index contributed by atoms with van der Waals surface area (Å²) in [6.07, 6.45) is 3.23. The van der Waals surface area contributed by atoms with Gasteiger partial charge in [0.1, 0.15) is 17.0 Å². The fraction of sp³-hybridized carbons (Fsp3) is 0.412. The van der Waals surface area contributed by atoms with Crippen molar-refractivity contribution in [3.8, 4) is 0 Å². The van der Waals surface area contributed by atoms with Crippen molar-refractivity contribution < 1.29 is 28.7 Å². The number of carbonyl (C=O) groups is 4. The van der Waals surface area contributed by atoms with E-state index < -0.39 is 47.1 Å². The zero-order valence-electron chi connectivity index (χ0n) is 25.1. The molecule has 0 radical (unpaired) electrons. The first-order valence-electron chi connectivity index (χ1n) is 15.1. The Bertz CT molecular complexity index is 1460. The van der Waals surface area contributed by atoms with E-state index in [1.165, 1.54) is 16.7 Å². The normalized spacial score (nSPS) is 24.1. The molecular weight excluding hydrogens is 578 g/mol. The van der Waals surface area contributed by atoms with Crippen LogP contribution in [0.25, 0.3) is 0 Å². The minimum absolute atomic E-state index is 0.0251. The predicted octanol–water partition coefficient (Wildman–Crippen LogP) is 4.95. The van der Waals surface area contributed by atoms with Gasteiger partial charge in [-0.05, 0) is 74.1 Å². The molecule has 3 aliphatic heterocycles. The second-order valence-corrected chi connectivity index (χ2v) is 13.7. The number of β-lactam (4-membered cyclic amide) rings is 1. The summed E-state index contributed by atoms with van der Waals surface area (Å²) >= 11 is 1.33. The van der Waals surface area contributed by atoms with E-state index in [9.17, 15) is 19.2 Å². The van der Waals surface area contributed by atoms with Gasteiger partial charge in [-0.1, -0.05) is 60.7 Å². The van der Waals surface area contributed by atoms with Gasteiger partial charge in [0.15, 0.2) is 12.1 Å². The minimum Gasteiger partial charge on any atom is -0.451 e. The summed E-state index contributed by atoms with van der Waals surface area (Å²) in [5.41, 5.74) is 2.00. The van der Waals surface area contributed by atoms with Crippen molar-refractivity contribution in [3.63, 3.8) is 0 Å². The monoisotopic (exact) mass is 615 g/mol. The summed E-state index contributed by atoms with van der Waals surface area (Å²) in [5, 5.41) is 3.95. The molecule has 1 aliphatic carbocycles. The fourth-order valence-corrected chi connectivity index (χ4v) is 6.95. The molecule has 2 aromatic carbocycles. The van der Waals surface area contributed by atoms with Gasteiger partial charge in [-0.15, -0.1) is 11.8 Å². The van der Waals surface area contributed by atoms with Gasteiger partial charge in [-0.25, -0.2) is 9.59 Å². The van der Waals surface area contributed by atoms with Crippen LogP contribution < -0.4 is 5.32 Å². The van der Waals surface area contributed by atoms with E-state index in [1.54, 1.807) is 26.8 Å². The molecule has 3 fully saturated rings. The van der Waals surface area contributed by atoms with Crippen LogP contribution in [0.1, 0.15) is 57.3 Å². The molecule has 2 saturated heterocycles. The molecule has 9 nitrogen and oxygen atoms in total. The number of esters is 1. The molecule has 0 bridgehead atoms. The second kappa shape index (κ2) is 12.1. The molecule has 6 rings (SSSR count). The van der Waals surface area contributed by atoms with Gasteiger partial charge in [-0.3, -0.25) is 9.59 Å². The number of nitrogens with zero attached hydrogens (tertiary/aromatic N) is 2. The molecular formula is C34H37N3O6S. The highest BCUT2D eigenvalue weighted by molar-refractivity contribution is 8.03. The second-order valence-electron chi connectivity index (χ2n) is 12.7. The Kier molecular flexibility index (Phi) is 8.28. The number of fused-ring (bicyclic) bond motifs is 1. The van der Waals surface area contributed by atoms with Crippen LogP contribution in [0, 0.1) is 5.92 Å². The van der Waals surface area contributed by atoms with Crippen molar-refractivity contribution in [1.29, 1.82) is 0 Å². The third-order valence-corrected chi connectivity index (χ3v) is 9.27. The summed E-state index contributed by atoms with van der Waals surface area (Å²) in [6.45, 7) is 6.65. The van der Waals surface area contributed by atoms with Crippen LogP contribution in [0.5, 0.6) is 0 Å². The molecule has 3 heterocycles. The summed E-state index contributed by atoms with van der Waals surface area (Å²) in [5.74, 6) is -0.473. The molecule has 2 aromatic rings. The maximum atomic E-state index is 14.2. The summed E-state index contributed by atoms with van der Waals surface area (Å²) in [4.78, 5) is 56.9. The van der Waals surface area contributed by atoms with Gasteiger partial charge in [-0.2, -0.15) is 0 Å². The van der Waals surface area contributed by atoms with Crippen LogP contribution in [-0.4, -0.2) is 69.8 Å². The Balaban J connectivity index is 1.29. The molecule has 3 atom stereocenters. The van der Waals surface area contributed by atoms with Crippen LogP contribution in [0.2, 0.25) is 0 Å². The molecule has 0 spiro atoms. The number of nitrogens with one attached hydrogen (secondary N) is 1. The van der Waals surface area contributed by atoms with Crippen LogP contribution >= 0.6 is 11.8 Å². The molecule has 10 heteroatoms. The van der Waals surface area contributed by atoms with Crippen molar-refractivity contribution in [1.82, 2.24) is 15.1 Å². The maximum Gasteiger partial charge on any atom is 0.408 e. The van der Waals surface area contributed by atoms with Gasteiger partial charge in [0.25, 0.3) is 0 Å². The molecule has 4 aliphatic rings. The van der Waals surface area contributed by atoms with E-state index in [-0.39, 0.29) is 5.91 Å². The lowest BCUT2D eigenvalue weighted by molar-refractivity contribution is -0.164. The number of likely N-dealkylation sites (tertiary alicyclic amines) is 1. The lowest BCUT2D eigenvalue weighted by atomic mass is 9.95. The highest BCUT2D eigenvalue weighted by Crippen LogP contribution is 2.42. The topological polar surface area (TPSA) is 105 Å². The first kappa shape index (κ1) is 30.0. The van der Waals surface area contributed by atoms with Gasteiger partial charge in [0.2, 0.25) is 11.8 Å². The van der Waals surface area contributed by atoms with Gasteiger partial charge < -0.3 is 24.6 Å². The Morgan fingerprint density at radius 1 is 1.02 bits per heavy atom. The van der Waals surface area contributed by atoms with Crippen LogP contribution in [0.3, 0.4) is 0 Å². The minimum atomic E-state index is -1.09. The van der Waals surface area contributed by atoms with E-state index in [0.717, 1.165) is 30.5 Å². The maximum absolute atomic E-state index is 14.2. The quantitative estimate of drug-likeness (QED) is 0.255. The van der Waals surface area contributed by atoms with Crippen molar-refractivity contribution in [2.45, 2.75) is 69.2 Å². The number of rotatable bonds is 8. The molecule has 44 heavy (non-hydrogen) atoms. The third kappa shape index (κ3) is 6.40. The summed E-state index contributed by atoms with van der Waals surface area (Å²) in [6, 6.07) is 16.9. The fourth-order valence-electron chi connectivity index (χ4n) is 5.76. The average Bonchev–Trinajstić information content (AvgIpc) is 3.77. The van der Waals surface area contributed by atoms with Crippen molar-refractivity contribution in [3.05, 3.63) is 94.4 Å². The summed E-state index contributed by atoms with van der Waals surface area (Å²) < 4.78 is 11.6. The number of hydrogen-bond donors (Lipinski definition) is 1. The molecule has 1 saturated carbocycles. The van der Waals surface area contributed by atoms with E-state index in [4.69, 9.17) is 9.47 Å². The summed E-state index contributed by atoms with van der Waals surface area (Å²) in [7, 11) is 0. The van der Waals surface area contributed by atoms with Gasteiger partial charge in [0.05, 0.1) is 0 Å². The third-order valence-electron chi connectivity index (χ3n) is 8.08. The standard InChI is InChI=1S/C34H37N3O6S/c1-34(2,3)43-33(41)35-26-30(39)37-27(32(40)42-28(22-10-6-4-7-11-22)23-12-8-5-9-13-23)25(20-44-31(26)37)18-24-16-17-36(29(24)38)19-21-14-15-21/h4-13,18,20-21,26-28,31H,14-17,19H2,1-3H3,(H,35,41)/b24-18+/t26-,27-,31-/m1/s1. The first-order valence-corrected chi connectivity index (χ1v) is 16.0. The van der Waals surface area contributed by atoms with E-state index >= 15 is 0 Å². The smallest absolute Gasteiger partial charge is 0.408 e. The number of ether oxygens (including phenoxy) is 2. The predicted molar refractivity (Wildman–Crippen MR) is 166 cm³/mol. The van der Waals surface area contributed by atoms with Crippen molar-refractivity contribution >= 4 is 35.6 Å². The molecule has 1 N–H and O–H groups in total. The zero-order valence-corrected chi connectivity index (χ0v) is 25.9. The van der Waals surface area contributed by atoms with E-state index in [2.05, 4.69) is 5.32 Å². The van der Waals surface area contributed by atoms with Gasteiger partial charge in [0, 0.05) is 18.7 Å². The Morgan fingerprint density at radius 3 is 2.25 bits per heavy atom. The molecule has 3 amide bonds. The Morgan fingerprint density at radius 2 is 1.66 bits per heavy atom. The zero-order chi connectivity index (χ0) is 31.0. The average molecular weight is 616 g/mol. The van der Waals surface area contributed by atoms with E-state index in [1.807, 2.05) is 71.0 Å². The van der Waals surface area contributed by atoms with Crippen molar-refractivity contribution in [2.75, 3.05) is 13.1 Å². The molecule has 0 unspecified atom stereocenters. The highest BCUT2D eigenvalue weighted by atomic mass is 32.2. The molecule has 230 valence electrons. The SMILES string of the molecule is CC(C)(C)OC(=O)N[C@@H]1C(=O)N2[C@@H](C(=O)OC(c3ccccc3)c3ccccc3)C(/C=C3\CCN(CC4CC4)C3=O)=CS[C@H]12. The number of alkyl carbamates (subject to hydrolysis) is 1. The lowest BCUT2D eigenvalue weighted by Crippen LogP contribution is -2.74. The highest BCUT2D eigenvalue weighted by Gasteiger charge is 2.56. The van der Waals surface area contributed by atoms with Crippen LogP contribution in [0.4, 0.5) is 4.79 Å². The lowest BCUT2D eigenvalue weighted by Gasteiger charge is -2.51. The van der Waals surface area contributed by atoms with Crippen molar-refractivity contribution in [2.24, 2.45) is 5.92 Å².